The van der Waals surface area contributed by atoms with Crippen molar-refractivity contribution in [2.24, 2.45) is 46.3 Å². The van der Waals surface area contributed by atoms with Gasteiger partial charge in [-0.1, -0.05) is 20.8 Å². The van der Waals surface area contributed by atoms with Gasteiger partial charge in [0.05, 0.1) is 34.2 Å². The van der Waals surface area contributed by atoms with Gasteiger partial charge in [-0.2, -0.15) is 0 Å². The van der Waals surface area contributed by atoms with Crippen LogP contribution in [0.1, 0.15) is 78.6 Å². The van der Waals surface area contributed by atoms with Crippen LogP contribution in [-0.4, -0.2) is 102 Å². The second-order valence-electron chi connectivity index (χ2n) is 14.5. The summed E-state index contributed by atoms with van der Waals surface area (Å²) < 4.78 is 33.6. The van der Waals surface area contributed by atoms with Gasteiger partial charge >= 0.3 is 0 Å². The Balaban J connectivity index is 1.44. The molecule has 0 spiro atoms. The molecule has 9 nitrogen and oxygen atoms in total. The maximum absolute atomic E-state index is 13.2. The lowest BCUT2D eigenvalue weighted by molar-refractivity contribution is -0.207. The molecular formula is C30H53N2O7S-. The molecule has 4 fully saturated rings. The van der Waals surface area contributed by atoms with E-state index in [0.717, 1.165) is 38.5 Å². The number of hydrogen-bond acceptors (Lipinski definition) is 8. The van der Waals surface area contributed by atoms with Crippen LogP contribution in [-0.2, 0) is 14.9 Å². The summed E-state index contributed by atoms with van der Waals surface area (Å²) in [5, 5.41) is 33.6. The number of fused-ring (bicyclic) bond motifs is 5. The molecule has 11 atom stereocenters. The molecule has 10 heteroatoms. The molecule has 0 aromatic heterocycles. The Morgan fingerprint density at radius 3 is 2.35 bits per heavy atom. The van der Waals surface area contributed by atoms with Gasteiger partial charge in [-0.15, -0.1) is 0 Å². The zero-order valence-corrected chi connectivity index (χ0v) is 26.0. The third kappa shape index (κ3) is 6.27. The highest BCUT2D eigenvalue weighted by Gasteiger charge is 2.65. The second kappa shape index (κ2) is 12.1. The van der Waals surface area contributed by atoms with E-state index in [1.807, 2.05) is 19.0 Å². The van der Waals surface area contributed by atoms with E-state index in [2.05, 4.69) is 20.8 Å². The quantitative estimate of drug-likeness (QED) is 0.332. The standard InChI is InChI=1S/C30H54N2O7S/c1-19(6-9-27(36)32(13-12-31(4)5)14-15-40(37,38)39)22-7-8-23-28-24(18-26(35)30(22,23)3)29(2)11-10-21(33)16-20(29)17-25(28)34/h19-26,28,33-35H,6-18H2,1-5H3,(H,37,38,39)/p-1/t19-,20+,21-,22-,23+,24+,25-,26+,28+,29+,30-/m1/s1. The summed E-state index contributed by atoms with van der Waals surface area (Å²) in [6, 6.07) is 0. The second-order valence-corrected chi connectivity index (χ2v) is 16.0. The number of hydrogen-bond donors (Lipinski definition) is 3. The van der Waals surface area contributed by atoms with Gasteiger partial charge in [0.1, 0.15) is 0 Å². The summed E-state index contributed by atoms with van der Waals surface area (Å²) in [5.74, 6) is 0.602. The molecule has 4 saturated carbocycles. The molecule has 1 amide bonds. The molecule has 0 heterocycles. The molecule has 0 unspecified atom stereocenters. The van der Waals surface area contributed by atoms with Crippen LogP contribution < -0.4 is 0 Å². The first kappa shape index (κ1) is 32.1. The molecule has 4 rings (SSSR count). The average Bonchev–Trinajstić information content (AvgIpc) is 3.21. The highest BCUT2D eigenvalue weighted by molar-refractivity contribution is 7.85. The smallest absolute Gasteiger partial charge is 0.222 e. The zero-order chi connectivity index (χ0) is 29.6. The van der Waals surface area contributed by atoms with E-state index in [1.165, 1.54) is 4.90 Å². The maximum atomic E-state index is 13.2. The van der Waals surface area contributed by atoms with Gasteiger partial charge in [0.15, 0.2) is 0 Å². The number of amides is 1. The van der Waals surface area contributed by atoms with Crippen molar-refractivity contribution in [3.63, 3.8) is 0 Å². The highest BCUT2D eigenvalue weighted by Crippen LogP contribution is 2.68. The van der Waals surface area contributed by atoms with Crippen molar-refractivity contribution < 1.29 is 33.1 Å². The Morgan fingerprint density at radius 2 is 1.70 bits per heavy atom. The van der Waals surface area contributed by atoms with E-state index >= 15 is 0 Å². The number of carbonyl (C=O) groups excluding carboxylic acids is 1. The maximum Gasteiger partial charge on any atom is 0.222 e. The first-order valence-corrected chi connectivity index (χ1v) is 17.1. The lowest BCUT2D eigenvalue weighted by Crippen LogP contribution is -2.62. The van der Waals surface area contributed by atoms with Crippen molar-refractivity contribution in [1.82, 2.24) is 9.80 Å². The Morgan fingerprint density at radius 1 is 1.00 bits per heavy atom. The summed E-state index contributed by atoms with van der Waals surface area (Å²) in [4.78, 5) is 16.6. The summed E-state index contributed by atoms with van der Waals surface area (Å²) in [6.45, 7) is 7.57. The van der Waals surface area contributed by atoms with Crippen molar-refractivity contribution >= 4 is 16.0 Å². The van der Waals surface area contributed by atoms with Crippen molar-refractivity contribution in [2.75, 3.05) is 39.5 Å². The highest BCUT2D eigenvalue weighted by atomic mass is 32.2. The van der Waals surface area contributed by atoms with Crippen LogP contribution in [0, 0.1) is 46.3 Å². The van der Waals surface area contributed by atoms with Crippen LogP contribution in [0.5, 0.6) is 0 Å². The van der Waals surface area contributed by atoms with Gasteiger partial charge in [0.2, 0.25) is 5.91 Å². The van der Waals surface area contributed by atoms with E-state index < -0.39 is 28.1 Å². The third-order valence-corrected chi connectivity index (χ3v) is 12.8. The van der Waals surface area contributed by atoms with Crippen LogP contribution in [0.4, 0.5) is 0 Å². The Labute approximate surface area is 241 Å². The van der Waals surface area contributed by atoms with Crippen LogP contribution in [0.25, 0.3) is 0 Å². The first-order chi connectivity index (χ1) is 18.6. The fraction of sp³-hybridized carbons (Fsp3) is 0.967. The Bertz CT molecular complexity index is 1010. The van der Waals surface area contributed by atoms with Crippen molar-refractivity contribution in [2.45, 2.75) is 96.9 Å². The molecule has 0 aromatic rings. The fourth-order valence-electron chi connectivity index (χ4n) is 9.75. The van der Waals surface area contributed by atoms with Crippen LogP contribution in [0.3, 0.4) is 0 Å². The van der Waals surface area contributed by atoms with Gasteiger partial charge < -0.3 is 29.7 Å². The first-order valence-electron chi connectivity index (χ1n) is 15.5. The molecule has 0 radical (unpaired) electrons. The zero-order valence-electron chi connectivity index (χ0n) is 25.2. The van der Waals surface area contributed by atoms with Gasteiger partial charge in [-0.25, -0.2) is 8.42 Å². The molecule has 3 N–H and O–H groups in total. The molecular weight excluding hydrogens is 532 g/mol. The molecule has 4 aliphatic carbocycles. The van der Waals surface area contributed by atoms with Gasteiger partial charge in [0, 0.05) is 26.1 Å². The Hall–Kier alpha value is -0.780. The molecule has 4 aliphatic rings. The summed E-state index contributed by atoms with van der Waals surface area (Å²) >= 11 is 0. The summed E-state index contributed by atoms with van der Waals surface area (Å²) in [5.41, 5.74) is -0.293. The predicted octanol–water partition coefficient (Wildman–Crippen LogP) is 2.30. The number of rotatable bonds is 10. The minimum Gasteiger partial charge on any atom is -0.748 e. The van der Waals surface area contributed by atoms with E-state index in [9.17, 15) is 33.1 Å². The monoisotopic (exact) mass is 585 g/mol. The predicted molar refractivity (Wildman–Crippen MR) is 152 cm³/mol. The minimum atomic E-state index is -4.41. The summed E-state index contributed by atoms with van der Waals surface area (Å²) in [7, 11) is -0.645. The number of aliphatic hydroxyl groups excluding tert-OH is 3. The molecule has 232 valence electrons. The van der Waals surface area contributed by atoms with Gasteiger partial charge in [-0.3, -0.25) is 4.79 Å². The molecule has 0 bridgehead atoms. The number of likely N-dealkylation sites (N-methyl/N-ethyl adjacent to an activating group) is 1. The third-order valence-electron chi connectivity index (χ3n) is 12.1. The largest absolute Gasteiger partial charge is 0.748 e. The molecule has 0 aromatic carbocycles. The molecule has 0 aliphatic heterocycles. The van der Waals surface area contributed by atoms with E-state index in [-0.39, 0.29) is 65.4 Å². The molecule has 40 heavy (non-hydrogen) atoms. The van der Waals surface area contributed by atoms with Gasteiger partial charge in [-0.05, 0) is 112 Å². The van der Waals surface area contributed by atoms with E-state index in [1.54, 1.807) is 0 Å². The minimum absolute atomic E-state index is 0.0368. The summed E-state index contributed by atoms with van der Waals surface area (Å²) in [6.07, 6.45) is 5.56. The average molecular weight is 586 g/mol. The number of aliphatic hydroxyl groups is 3. The van der Waals surface area contributed by atoms with Gasteiger partial charge in [0.25, 0.3) is 0 Å². The fourth-order valence-corrected chi connectivity index (χ4v) is 10.2. The van der Waals surface area contributed by atoms with Crippen molar-refractivity contribution in [3.05, 3.63) is 0 Å². The van der Waals surface area contributed by atoms with Crippen molar-refractivity contribution in [3.8, 4) is 0 Å². The number of nitrogens with zero attached hydrogens (tertiary/aromatic N) is 2. The van der Waals surface area contributed by atoms with Crippen LogP contribution >= 0.6 is 0 Å². The van der Waals surface area contributed by atoms with Crippen LogP contribution in [0.15, 0.2) is 0 Å². The lowest BCUT2D eigenvalue weighted by Gasteiger charge is -2.63. The topological polar surface area (TPSA) is 141 Å². The van der Waals surface area contributed by atoms with Crippen LogP contribution in [0.2, 0.25) is 0 Å². The molecule has 0 saturated heterocycles. The van der Waals surface area contributed by atoms with E-state index in [0.29, 0.717) is 31.8 Å². The van der Waals surface area contributed by atoms with Crippen molar-refractivity contribution in [1.29, 1.82) is 0 Å². The number of carbonyl (C=O) groups is 1. The SMILES string of the molecule is C[C@H](CCC(=O)N(CCN(C)C)CCS(=O)(=O)[O-])[C@H]1CC[C@H]2[C@@H]3[C@H](O)C[C@@H]4C[C@H](O)CC[C@]4(C)[C@H]3C[C@H](O)[C@]12C. The van der Waals surface area contributed by atoms with E-state index in [4.69, 9.17) is 0 Å². The normalized spacial score (nSPS) is 42.1. The Kier molecular flexibility index (Phi) is 9.70. The lowest BCUT2D eigenvalue weighted by atomic mass is 9.43.